The van der Waals surface area contributed by atoms with Crippen molar-refractivity contribution in [2.45, 2.75) is 19.6 Å². The van der Waals surface area contributed by atoms with Crippen molar-refractivity contribution < 1.29 is 4.39 Å². The SMILES string of the molecule is CCC(F)N1CC1. The highest BCUT2D eigenvalue weighted by atomic mass is 19.1. The summed E-state index contributed by atoms with van der Waals surface area (Å²) in [6, 6.07) is 0. The molecule has 1 nitrogen and oxygen atoms in total. The Morgan fingerprint density at radius 3 is 2.43 bits per heavy atom. The maximum atomic E-state index is 12.2. The molecule has 0 N–H and O–H groups in total. The fourth-order valence-corrected chi connectivity index (χ4v) is 0.596. The summed E-state index contributed by atoms with van der Waals surface area (Å²) < 4.78 is 12.2. The first-order valence-corrected chi connectivity index (χ1v) is 2.72. The molecule has 0 aliphatic carbocycles. The molecule has 1 aliphatic rings. The van der Waals surface area contributed by atoms with E-state index in [0.29, 0.717) is 6.42 Å². The van der Waals surface area contributed by atoms with Crippen LogP contribution in [-0.4, -0.2) is 24.3 Å². The van der Waals surface area contributed by atoms with E-state index in [2.05, 4.69) is 0 Å². The van der Waals surface area contributed by atoms with Gasteiger partial charge < -0.3 is 0 Å². The molecule has 0 saturated carbocycles. The van der Waals surface area contributed by atoms with E-state index in [1.165, 1.54) is 0 Å². The topological polar surface area (TPSA) is 3.01 Å². The lowest BCUT2D eigenvalue weighted by Gasteiger charge is -2.01. The normalized spacial score (nSPS) is 24.9. The van der Waals surface area contributed by atoms with Gasteiger partial charge in [0.1, 0.15) is 0 Å². The zero-order valence-corrected chi connectivity index (χ0v) is 4.52. The van der Waals surface area contributed by atoms with Gasteiger partial charge in [0.05, 0.1) is 0 Å². The van der Waals surface area contributed by atoms with E-state index in [1.807, 2.05) is 6.92 Å². The summed E-state index contributed by atoms with van der Waals surface area (Å²) in [4.78, 5) is 1.81. The summed E-state index contributed by atoms with van der Waals surface area (Å²) in [5.74, 6) is 0. The van der Waals surface area contributed by atoms with Gasteiger partial charge in [-0.2, -0.15) is 0 Å². The molecule has 0 spiro atoms. The van der Waals surface area contributed by atoms with E-state index >= 15 is 0 Å². The summed E-state index contributed by atoms with van der Waals surface area (Å²) in [6.45, 7) is 3.80. The molecule has 0 amide bonds. The van der Waals surface area contributed by atoms with Crippen molar-refractivity contribution >= 4 is 0 Å². The first kappa shape index (κ1) is 5.04. The number of alkyl halides is 1. The highest BCUT2D eigenvalue weighted by molar-refractivity contribution is 4.74. The number of rotatable bonds is 2. The Bertz CT molecular complexity index is 61.1. The highest BCUT2D eigenvalue weighted by Crippen LogP contribution is 2.13. The van der Waals surface area contributed by atoms with Gasteiger partial charge in [-0.3, -0.25) is 4.90 Å². The molecule has 1 atom stereocenters. The van der Waals surface area contributed by atoms with Crippen molar-refractivity contribution in [2.75, 3.05) is 13.1 Å². The fourth-order valence-electron chi connectivity index (χ4n) is 0.596. The zero-order chi connectivity index (χ0) is 5.28. The minimum Gasteiger partial charge on any atom is -0.271 e. The van der Waals surface area contributed by atoms with Gasteiger partial charge in [0.25, 0.3) is 0 Å². The molecule has 0 aromatic rings. The lowest BCUT2D eigenvalue weighted by Crippen LogP contribution is -2.09. The number of halogens is 1. The van der Waals surface area contributed by atoms with Gasteiger partial charge in [0.15, 0.2) is 6.30 Å². The molecule has 2 heteroatoms. The van der Waals surface area contributed by atoms with Crippen LogP contribution in [0.25, 0.3) is 0 Å². The maximum Gasteiger partial charge on any atom is 0.153 e. The van der Waals surface area contributed by atoms with Gasteiger partial charge >= 0.3 is 0 Å². The third-order valence-corrected chi connectivity index (χ3v) is 1.21. The molecular weight excluding hydrogens is 93.1 g/mol. The van der Waals surface area contributed by atoms with Gasteiger partial charge in [-0.05, 0) is 6.42 Å². The lowest BCUT2D eigenvalue weighted by atomic mass is 10.4. The van der Waals surface area contributed by atoms with Crippen molar-refractivity contribution in [2.24, 2.45) is 0 Å². The molecule has 1 aliphatic heterocycles. The summed E-state index contributed by atoms with van der Waals surface area (Å²) in [5, 5.41) is 0. The Morgan fingerprint density at radius 2 is 2.29 bits per heavy atom. The van der Waals surface area contributed by atoms with Crippen LogP contribution < -0.4 is 0 Å². The van der Waals surface area contributed by atoms with Crippen molar-refractivity contribution in [1.82, 2.24) is 4.90 Å². The average molecular weight is 103 g/mol. The Morgan fingerprint density at radius 1 is 1.71 bits per heavy atom. The van der Waals surface area contributed by atoms with Crippen molar-refractivity contribution in [3.05, 3.63) is 0 Å². The molecule has 0 bridgehead atoms. The predicted molar refractivity (Wildman–Crippen MR) is 26.8 cm³/mol. The predicted octanol–water partition coefficient (Wildman–Crippen LogP) is 1.01. The molecule has 0 aromatic heterocycles. The summed E-state index contributed by atoms with van der Waals surface area (Å²) >= 11 is 0. The van der Waals surface area contributed by atoms with Crippen LogP contribution in [0.5, 0.6) is 0 Å². The molecule has 1 fully saturated rings. The van der Waals surface area contributed by atoms with Gasteiger partial charge in [0, 0.05) is 13.1 Å². The molecule has 0 radical (unpaired) electrons. The van der Waals surface area contributed by atoms with Crippen molar-refractivity contribution in [3.63, 3.8) is 0 Å². The van der Waals surface area contributed by atoms with Crippen LogP contribution in [0.4, 0.5) is 4.39 Å². The van der Waals surface area contributed by atoms with E-state index < -0.39 is 6.30 Å². The summed E-state index contributed by atoms with van der Waals surface area (Å²) in [7, 11) is 0. The zero-order valence-electron chi connectivity index (χ0n) is 4.52. The monoisotopic (exact) mass is 103 g/mol. The van der Waals surface area contributed by atoms with Crippen LogP contribution in [0.15, 0.2) is 0 Å². The van der Waals surface area contributed by atoms with Crippen LogP contribution in [-0.2, 0) is 0 Å². The second kappa shape index (κ2) is 1.78. The molecular formula is C5H10FN. The Balaban J connectivity index is 2.10. The van der Waals surface area contributed by atoms with E-state index in [0.717, 1.165) is 13.1 Å². The second-order valence-corrected chi connectivity index (χ2v) is 1.88. The smallest absolute Gasteiger partial charge is 0.153 e. The summed E-state index contributed by atoms with van der Waals surface area (Å²) in [6.07, 6.45) is -0.0139. The van der Waals surface area contributed by atoms with E-state index in [4.69, 9.17) is 0 Å². The lowest BCUT2D eigenvalue weighted by molar-refractivity contribution is 0.191. The van der Waals surface area contributed by atoms with E-state index in [9.17, 15) is 4.39 Å². The number of nitrogens with zero attached hydrogens (tertiary/aromatic N) is 1. The number of hydrogen-bond donors (Lipinski definition) is 0. The van der Waals surface area contributed by atoms with Crippen LogP contribution in [0.3, 0.4) is 0 Å². The minimum atomic E-state index is -0.653. The standard InChI is InChI=1S/C5H10FN/c1-2-5(6)7-3-4-7/h5H,2-4H2,1H3. The number of hydrogen-bond acceptors (Lipinski definition) is 1. The van der Waals surface area contributed by atoms with Gasteiger partial charge in [-0.25, -0.2) is 4.39 Å². The van der Waals surface area contributed by atoms with E-state index in [-0.39, 0.29) is 0 Å². The minimum absolute atomic E-state index is 0.639. The van der Waals surface area contributed by atoms with Gasteiger partial charge in [-0.1, -0.05) is 6.92 Å². The Kier molecular flexibility index (Phi) is 1.28. The first-order valence-electron chi connectivity index (χ1n) is 2.72. The van der Waals surface area contributed by atoms with E-state index in [1.54, 1.807) is 4.90 Å². The maximum absolute atomic E-state index is 12.2. The van der Waals surface area contributed by atoms with Crippen LogP contribution in [0.2, 0.25) is 0 Å². The Hall–Kier alpha value is -0.110. The Labute approximate surface area is 43.1 Å². The van der Waals surface area contributed by atoms with Crippen molar-refractivity contribution in [1.29, 1.82) is 0 Å². The molecule has 1 heterocycles. The molecule has 1 saturated heterocycles. The second-order valence-electron chi connectivity index (χ2n) is 1.88. The van der Waals surface area contributed by atoms with Gasteiger partial charge in [0.2, 0.25) is 0 Å². The third-order valence-electron chi connectivity index (χ3n) is 1.21. The average Bonchev–Trinajstić information content (AvgIpc) is 2.44. The largest absolute Gasteiger partial charge is 0.271 e. The molecule has 1 unspecified atom stereocenters. The molecule has 0 aromatic carbocycles. The van der Waals surface area contributed by atoms with Crippen LogP contribution in [0, 0.1) is 0 Å². The third kappa shape index (κ3) is 1.13. The molecule has 7 heavy (non-hydrogen) atoms. The fraction of sp³-hybridized carbons (Fsp3) is 1.00. The van der Waals surface area contributed by atoms with Crippen LogP contribution in [0.1, 0.15) is 13.3 Å². The van der Waals surface area contributed by atoms with Gasteiger partial charge in [-0.15, -0.1) is 0 Å². The first-order chi connectivity index (χ1) is 3.34. The molecule has 42 valence electrons. The quantitative estimate of drug-likeness (QED) is 0.372. The summed E-state index contributed by atoms with van der Waals surface area (Å²) in [5.41, 5.74) is 0. The highest BCUT2D eigenvalue weighted by Gasteiger charge is 2.24. The van der Waals surface area contributed by atoms with Crippen molar-refractivity contribution in [3.8, 4) is 0 Å². The molecule has 1 rings (SSSR count). The van der Waals surface area contributed by atoms with Crippen LogP contribution >= 0.6 is 0 Å².